The van der Waals surface area contributed by atoms with Gasteiger partial charge in [0.25, 0.3) is 0 Å². The third-order valence-electron chi connectivity index (χ3n) is 1.12. The van der Waals surface area contributed by atoms with Gasteiger partial charge < -0.3 is 4.74 Å². The van der Waals surface area contributed by atoms with E-state index in [1.54, 1.807) is 24.7 Å². The lowest BCUT2D eigenvalue weighted by Crippen LogP contribution is -1.98. The molecular formula is C8H9NO2S. The van der Waals surface area contributed by atoms with E-state index in [2.05, 4.69) is 4.98 Å². The maximum Gasteiger partial charge on any atom is 0.330 e. The van der Waals surface area contributed by atoms with E-state index in [1.807, 2.05) is 0 Å². The molecule has 0 amide bonds. The molecule has 0 atom stereocenters. The summed E-state index contributed by atoms with van der Waals surface area (Å²) in [6.07, 6.45) is 4.78. The van der Waals surface area contributed by atoms with Gasteiger partial charge >= 0.3 is 5.97 Å². The van der Waals surface area contributed by atoms with Crippen molar-refractivity contribution in [1.29, 1.82) is 0 Å². The molecule has 4 heteroatoms. The van der Waals surface area contributed by atoms with Crippen molar-refractivity contribution in [3.63, 3.8) is 0 Å². The van der Waals surface area contributed by atoms with E-state index < -0.39 is 0 Å². The Kier molecular flexibility index (Phi) is 3.47. The lowest BCUT2D eigenvalue weighted by molar-refractivity contribution is -0.137. The van der Waals surface area contributed by atoms with Crippen LogP contribution in [0.4, 0.5) is 0 Å². The minimum Gasteiger partial charge on any atom is -0.463 e. The molecule has 1 rings (SSSR count). The van der Waals surface area contributed by atoms with Crippen LogP contribution in [0.1, 0.15) is 11.8 Å². The molecule has 0 fully saturated rings. The van der Waals surface area contributed by atoms with Crippen LogP contribution in [-0.4, -0.2) is 17.6 Å². The summed E-state index contributed by atoms with van der Waals surface area (Å²) in [6.45, 7) is 2.18. The first-order valence-electron chi connectivity index (χ1n) is 3.56. The van der Waals surface area contributed by atoms with E-state index >= 15 is 0 Å². The van der Waals surface area contributed by atoms with Crippen LogP contribution in [0.25, 0.3) is 6.08 Å². The zero-order chi connectivity index (χ0) is 8.81. The summed E-state index contributed by atoms with van der Waals surface area (Å²) in [5, 5.41) is 0. The molecule has 0 spiro atoms. The average Bonchev–Trinajstić information content (AvgIpc) is 2.53. The Balaban J connectivity index is 2.45. The van der Waals surface area contributed by atoms with Gasteiger partial charge in [-0.05, 0) is 13.0 Å². The first kappa shape index (κ1) is 8.93. The molecule has 3 nitrogen and oxygen atoms in total. The highest BCUT2D eigenvalue weighted by Crippen LogP contribution is 2.07. The number of carbonyl (C=O) groups excluding carboxylic acids is 1. The second kappa shape index (κ2) is 4.66. The second-order valence-corrected chi connectivity index (χ2v) is 2.91. The molecule has 12 heavy (non-hydrogen) atoms. The van der Waals surface area contributed by atoms with E-state index in [9.17, 15) is 4.79 Å². The van der Waals surface area contributed by atoms with Crippen LogP contribution in [0.2, 0.25) is 0 Å². The van der Waals surface area contributed by atoms with Crippen molar-refractivity contribution in [2.24, 2.45) is 0 Å². The molecule has 0 unspecified atom stereocenters. The highest BCUT2D eigenvalue weighted by molar-refractivity contribution is 7.10. The lowest BCUT2D eigenvalue weighted by atomic mass is 10.4. The Labute approximate surface area is 74.7 Å². The van der Waals surface area contributed by atoms with Crippen LogP contribution in [0.3, 0.4) is 0 Å². The Morgan fingerprint density at radius 3 is 3.25 bits per heavy atom. The van der Waals surface area contributed by atoms with Crippen LogP contribution in [0, 0.1) is 0 Å². The first-order valence-corrected chi connectivity index (χ1v) is 4.44. The number of nitrogens with zero attached hydrogens (tertiary/aromatic N) is 1. The van der Waals surface area contributed by atoms with Gasteiger partial charge in [-0.1, -0.05) is 0 Å². The molecule has 0 saturated heterocycles. The molecule has 1 aromatic rings. The summed E-state index contributed by atoms with van der Waals surface area (Å²) >= 11 is 1.48. The molecule has 0 aliphatic heterocycles. The largest absolute Gasteiger partial charge is 0.463 e. The van der Waals surface area contributed by atoms with Crippen LogP contribution >= 0.6 is 11.3 Å². The van der Waals surface area contributed by atoms with Crippen LogP contribution in [0.5, 0.6) is 0 Å². The number of esters is 1. The van der Waals surface area contributed by atoms with Crippen molar-refractivity contribution in [2.75, 3.05) is 6.61 Å². The van der Waals surface area contributed by atoms with E-state index in [4.69, 9.17) is 4.74 Å². The molecular weight excluding hydrogens is 174 g/mol. The fourth-order valence-corrected chi connectivity index (χ4v) is 1.16. The topological polar surface area (TPSA) is 39.2 Å². The molecule has 0 aliphatic rings. The van der Waals surface area contributed by atoms with Gasteiger partial charge in [-0.2, -0.15) is 0 Å². The number of rotatable bonds is 3. The number of carbonyl (C=O) groups is 1. The molecule has 0 radical (unpaired) electrons. The smallest absolute Gasteiger partial charge is 0.330 e. The zero-order valence-corrected chi connectivity index (χ0v) is 7.50. The Morgan fingerprint density at radius 1 is 1.83 bits per heavy atom. The van der Waals surface area contributed by atoms with E-state index in [1.165, 1.54) is 17.4 Å². The summed E-state index contributed by atoms with van der Waals surface area (Å²) in [4.78, 5) is 15.6. The monoisotopic (exact) mass is 183 g/mol. The first-order chi connectivity index (χ1) is 5.83. The van der Waals surface area contributed by atoms with Crippen molar-refractivity contribution in [2.45, 2.75) is 6.92 Å². The van der Waals surface area contributed by atoms with Gasteiger partial charge in [-0.3, -0.25) is 4.98 Å². The van der Waals surface area contributed by atoms with Gasteiger partial charge in [0.05, 0.1) is 12.1 Å². The molecule has 0 aliphatic carbocycles. The van der Waals surface area contributed by atoms with Gasteiger partial charge in [-0.25, -0.2) is 4.79 Å². The minimum absolute atomic E-state index is 0.314. The fourth-order valence-electron chi connectivity index (χ4n) is 0.648. The molecule has 0 bridgehead atoms. The van der Waals surface area contributed by atoms with Crippen molar-refractivity contribution in [3.8, 4) is 0 Å². The highest BCUT2D eigenvalue weighted by atomic mass is 32.1. The summed E-state index contributed by atoms with van der Waals surface area (Å²) in [5.74, 6) is -0.314. The summed E-state index contributed by atoms with van der Waals surface area (Å²) in [6, 6.07) is 0. The second-order valence-electron chi connectivity index (χ2n) is 1.99. The molecule has 1 heterocycles. The minimum atomic E-state index is -0.314. The molecule has 1 aromatic heterocycles. The molecule has 0 N–H and O–H groups in total. The van der Waals surface area contributed by atoms with Crippen LogP contribution < -0.4 is 0 Å². The number of hydrogen-bond acceptors (Lipinski definition) is 4. The number of ether oxygens (including phenoxy) is 1. The predicted molar refractivity (Wildman–Crippen MR) is 47.8 cm³/mol. The zero-order valence-electron chi connectivity index (χ0n) is 6.69. The highest BCUT2D eigenvalue weighted by Gasteiger charge is 1.93. The normalized spacial score (nSPS) is 10.4. The predicted octanol–water partition coefficient (Wildman–Crippen LogP) is 1.72. The molecule has 0 aromatic carbocycles. The fraction of sp³-hybridized carbons (Fsp3) is 0.250. The summed E-state index contributed by atoms with van der Waals surface area (Å²) < 4.78 is 4.70. The van der Waals surface area contributed by atoms with Crippen molar-refractivity contribution in [3.05, 3.63) is 22.7 Å². The Hall–Kier alpha value is -1.16. The lowest BCUT2D eigenvalue weighted by Gasteiger charge is -1.92. The van der Waals surface area contributed by atoms with Crippen LogP contribution in [0.15, 0.2) is 17.8 Å². The summed E-state index contributed by atoms with van der Waals surface area (Å²) in [5.41, 5.74) is 1.71. The Morgan fingerprint density at radius 2 is 2.67 bits per heavy atom. The van der Waals surface area contributed by atoms with Crippen molar-refractivity contribution in [1.82, 2.24) is 4.98 Å². The van der Waals surface area contributed by atoms with E-state index in [-0.39, 0.29) is 5.97 Å². The number of aromatic nitrogens is 1. The van der Waals surface area contributed by atoms with Gasteiger partial charge in [0.2, 0.25) is 0 Å². The molecule has 0 saturated carbocycles. The van der Waals surface area contributed by atoms with Gasteiger partial charge in [0, 0.05) is 17.2 Å². The third kappa shape index (κ3) is 2.84. The quantitative estimate of drug-likeness (QED) is 0.529. The standard InChI is InChI=1S/C8H9NO2S/c1-2-11-8(10)4-3-7-5-9-6-12-7/h3-6H,2H2,1H3/b4-3+. The van der Waals surface area contributed by atoms with Gasteiger partial charge in [0.1, 0.15) is 0 Å². The maximum atomic E-state index is 10.8. The Bertz CT molecular complexity index is 267. The maximum absolute atomic E-state index is 10.8. The number of hydrogen-bond donors (Lipinski definition) is 0. The van der Waals surface area contributed by atoms with Crippen molar-refractivity contribution >= 4 is 23.4 Å². The van der Waals surface area contributed by atoms with E-state index in [0.29, 0.717) is 6.61 Å². The van der Waals surface area contributed by atoms with Gasteiger partial charge in [-0.15, -0.1) is 11.3 Å². The SMILES string of the molecule is CCOC(=O)/C=C/c1cncs1. The summed E-state index contributed by atoms with van der Waals surface area (Å²) in [7, 11) is 0. The third-order valence-corrected chi connectivity index (χ3v) is 1.86. The van der Waals surface area contributed by atoms with E-state index in [0.717, 1.165) is 4.88 Å². The van der Waals surface area contributed by atoms with Crippen LogP contribution in [-0.2, 0) is 9.53 Å². The number of thiazole rings is 1. The molecule has 64 valence electrons. The van der Waals surface area contributed by atoms with Gasteiger partial charge in [0.15, 0.2) is 0 Å². The van der Waals surface area contributed by atoms with Crippen molar-refractivity contribution < 1.29 is 9.53 Å². The average molecular weight is 183 g/mol.